The van der Waals surface area contributed by atoms with E-state index >= 15 is 0 Å². The molecule has 1 aromatic carbocycles. The maximum absolute atomic E-state index is 14.4. The second-order valence-electron chi connectivity index (χ2n) is 7.67. The van der Waals surface area contributed by atoms with Crippen molar-refractivity contribution in [2.75, 3.05) is 5.32 Å². The van der Waals surface area contributed by atoms with Crippen LogP contribution in [0.4, 0.5) is 10.1 Å². The fourth-order valence-electron chi connectivity index (χ4n) is 3.51. The Hall–Kier alpha value is -3.58. The van der Waals surface area contributed by atoms with Gasteiger partial charge in [-0.2, -0.15) is 0 Å². The molecule has 0 fully saturated rings. The van der Waals surface area contributed by atoms with Crippen LogP contribution in [0.2, 0.25) is 5.02 Å². The summed E-state index contributed by atoms with van der Waals surface area (Å²) in [6.07, 6.45) is 5.84. The molecule has 0 saturated heterocycles. The number of nitrogens with one attached hydrogen (secondary N) is 1. The Labute approximate surface area is 189 Å². The number of fused-ring (bicyclic) bond motifs is 1. The van der Waals surface area contributed by atoms with Crippen molar-refractivity contribution < 1.29 is 14.0 Å². The molecule has 32 heavy (non-hydrogen) atoms. The third-order valence-electron chi connectivity index (χ3n) is 5.04. The van der Waals surface area contributed by atoms with Gasteiger partial charge in [0.25, 0.3) is 0 Å². The van der Waals surface area contributed by atoms with E-state index in [9.17, 15) is 14.0 Å². The minimum absolute atomic E-state index is 0.0533. The van der Waals surface area contributed by atoms with Gasteiger partial charge in [0.15, 0.2) is 5.82 Å². The molecule has 0 unspecified atom stereocenters. The molecule has 3 heterocycles. The van der Waals surface area contributed by atoms with E-state index in [0.29, 0.717) is 27.2 Å². The third kappa shape index (κ3) is 4.38. The Morgan fingerprint density at radius 1 is 1.16 bits per heavy atom. The number of amides is 1. The molecule has 8 heteroatoms. The van der Waals surface area contributed by atoms with E-state index in [1.807, 2.05) is 13.8 Å². The lowest BCUT2D eigenvalue weighted by molar-refractivity contribution is -0.115. The number of hydrogen-bond acceptors (Lipinski definition) is 4. The van der Waals surface area contributed by atoms with E-state index in [2.05, 4.69) is 15.3 Å². The van der Waals surface area contributed by atoms with Crippen molar-refractivity contribution in [1.29, 1.82) is 0 Å². The van der Waals surface area contributed by atoms with E-state index in [4.69, 9.17) is 11.6 Å². The van der Waals surface area contributed by atoms with Crippen molar-refractivity contribution in [1.82, 2.24) is 14.5 Å². The number of carbonyl (C=O) groups is 2. The van der Waals surface area contributed by atoms with Crippen LogP contribution < -0.4 is 5.32 Å². The summed E-state index contributed by atoms with van der Waals surface area (Å²) in [6.45, 7) is 3.81. The number of pyridine rings is 2. The number of hydrogen-bond donors (Lipinski definition) is 1. The van der Waals surface area contributed by atoms with Crippen molar-refractivity contribution in [2.45, 2.75) is 26.3 Å². The molecule has 0 radical (unpaired) electrons. The zero-order valence-corrected chi connectivity index (χ0v) is 18.2. The summed E-state index contributed by atoms with van der Waals surface area (Å²) < 4.78 is 16.1. The van der Waals surface area contributed by atoms with Crippen molar-refractivity contribution >= 4 is 39.9 Å². The van der Waals surface area contributed by atoms with Gasteiger partial charge in [0.05, 0.1) is 23.7 Å². The molecule has 0 atom stereocenters. The van der Waals surface area contributed by atoms with Crippen molar-refractivity contribution in [2.24, 2.45) is 0 Å². The molecule has 4 aromatic rings. The van der Waals surface area contributed by atoms with E-state index in [-0.39, 0.29) is 29.8 Å². The molecule has 0 aliphatic carbocycles. The zero-order valence-electron chi connectivity index (χ0n) is 17.5. The first-order chi connectivity index (χ1) is 15.3. The maximum atomic E-state index is 14.4. The number of halogens is 2. The summed E-state index contributed by atoms with van der Waals surface area (Å²) >= 11 is 5.87. The topological polar surface area (TPSA) is 76.9 Å². The number of aromatic nitrogens is 3. The molecule has 0 spiro atoms. The second-order valence-corrected chi connectivity index (χ2v) is 8.11. The lowest BCUT2D eigenvalue weighted by atomic mass is 10.1. The van der Waals surface area contributed by atoms with Crippen molar-refractivity contribution in [3.63, 3.8) is 0 Å². The average Bonchev–Trinajstić information content (AvgIpc) is 3.16. The van der Waals surface area contributed by atoms with Crippen molar-refractivity contribution in [3.8, 4) is 0 Å². The highest BCUT2D eigenvalue weighted by atomic mass is 35.5. The smallest absolute Gasteiger partial charge is 0.228 e. The molecule has 0 bridgehead atoms. The molecule has 4 rings (SSSR count). The molecule has 1 amide bonds. The molecular weight excluding hydrogens is 431 g/mol. The van der Waals surface area contributed by atoms with E-state index in [0.717, 1.165) is 11.8 Å². The average molecular weight is 451 g/mol. The standard InChI is InChI=1S/C24H20ClFN4O2/c1-14(2)30-13-19(18-11-27-12-20(26)23(18)30)24(32)21-10-17(7-8-28-21)29-22(31)9-15-3-5-16(25)6-4-15/h3-8,10-14H,9H2,1-2H3,(H,28,29,31). The van der Waals surface area contributed by atoms with Gasteiger partial charge in [-0.15, -0.1) is 0 Å². The number of nitrogens with zero attached hydrogens (tertiary/aromatic N) is 3. The minimum atomic E-state index is -0.494. The fourth-order valence-corrected chi connectivity index (χ4v) is 3.64. The summed E-state index contributed by atoms with van der Waals surface area (Å²) in [7, 11) is 0. The first-order valence-corrected chi connectivity index (χ1v) is 10.4. The van der Waals surface area contributed by atoms with Crippen LogP contribution in [-0.2, 0) is 11.2 Å². The molecule has 0 aliphatic rings. The highest BCUT2D eigenvalue weighted by molar-refractivity contribution is 6.30. The van der Waals surface area contributed by atoms with Gasteiger partial charge in [-0.3, -0.25) is 19.6 Å². The summed E-state index contributed by atoms with van der Waals surface area (Å²) in [4.78, 5) is 33.7. The van der Waals surface area contributed by atoms with Gasteiger partial charge < -0.3 is 9.88 Å². The number of ketones is 1. The lowest BCUT2D eigenvalue weighted by Crippen LogP contribution is -2.15. The molecular formula is C24H20ClFN4O2. The van der Waals surface area contributed by atoms with Crippen LogP contribution in [0.5, 0.6) is 0 Å². The Bertz CT molecular complexity index is 1320. The fraction of sp³-hybridized carbons (Fsp3) is 0.167. The SMILES string of the molecule is CC(C)n1cc(C(=O)c2cc(NC(=O)Cc3ccc(Cl)cc3)ccn2)c2cncc(F)c21. The molecule has 6 nitrogen and oxygen atoms in total. The predicted octanol–water partition coefficient (Wildman–Crippen LogP) is 5.22. The quantitative estimate of drug-likeness (QED) is 0.409. The summed E-state index contributed by atoms with van der Waals surface area (Å²) in [5.74, 6) is -1.11. The molecule has 0 saturated carbocycles. The van der Waals surface area contributed by atoms with Crippen LogP contribution in [0, 0.1) is 5.82 Å². The Morgan fingerprint density at radius 2 is 1.91 bits per heavy atom. The predicted molar refractivity (Wildman–Crippen MR) is 122 cm³/mol. The minimum Gasteiger partial charge on any atom is -0.342 e. The normalized spacial score (nSPS) is 11.2. The van der Waals surface area contributed by atoms with Crippen LogP contribution in [-0.4, -0.2) is 26.2 Å². The molecule has 1 N–H and O–H groups in total. The van der Waals surface area contributed by atoms with Crippen LogP contribution >= 0.6 is 11.6 Å². The lowest BCUT2D eigenvalue weighted by Gasteiger charge is -2.08. The Kier molecular flexibility index (Phi) is 6.01. The van der Waals surface area contributed by atoms with Gasteiger partial charge in [0.1, 0.15) is 5.69 Å². The van der Waals surface area contributed by atoms with Gasteiger partial charge in [-0.25, -0.2) is 4.39 Å². The van der Waals surface area contributed by atoms with Crippen LogP contribution in [0.3, 0.4) is 0 Å². The highest BCUT2D eigenvalue weighted by Crippen LogP contribution is 2.28. The van der Waals surface area contributed by atoms with Gasteiger partial charge in [-0.1, -0.05) is 23.7 Å². The van der Waals surface area contributed by atoms with Crippen LogP contribution in [0.25, 0.3) is 10.9 Å². The number of anilines is 1. The Balaban J connectivity index is 1.60. The number of benzene rings is 1. The third-order valence-corrected chi connectivity index (χ3v) is 5.30. The first-order valence-electron chi connectivity index (χ1n) is 10.0. The number of rotatable bonds is 6. The molecule has 3 aromatic heterocycles. The second kappa shape index (κ2) is 8.88. The highest BCUT2D eigenvalue weighted by Gasteiger charge is 2.21. The van der Waals surface area contributed by atoms with E-state index in [1.54, 1.807) is 41.1 Å². The summed E-state index contributed by atoms with van der Waals surface area (Å²) in [5, 5.41) is 3.80. The summed E-state index contributed by atoms with van der Waals surface area (Å²) in [6, 6.07) is 10.1. The monoisotopic (exact) mass is 450 g/mol. The van der Waals surface area contributed by atoms with Gasteiger partial charge >= 0.3 is 0 Å². The van der Waals surface area contributed by atoms with Crippen LogP contribution in [0.1, 0.15) is 41.5 Å². The maximum Gasteiger partial charge on any atom is 0.228 e. The van der Waals surface area contributed by atoms with Crippen LogP contribution in [0.15, 0.2) is 61.2 Å². The van der Waals surface area contributed by atoms with E-state index < -0.39 is 5.82 Å². The number of carbonyl (C=O) groups excluding carboxylic acids is 2. The van der Waals surface area contributed by atoms with Gasteiger partial charge in [0.2, 0.25) is 11.7 Å². The van der Waals surface area contributed by atoms with Gasteiger partial charge in [0, 0.05) is 40.7 Å². The molecule has 0 aliphatic heterocycles. The van der Waals surface area contributed by atoms with Gasteiger partial charge in [-0.05, 0) is 43.7 Å². The molecule has 162 valence electrons. The zero-order chi connectivity index (χ0) is 22.8. The van der Waals surface area contributed by atoms with Crippen molar-refractivity contribution in [3.05, 3.63) is 88.8 Å². The van der Waals surface area contributed by atoms with E-state index in [1.165, 1.54) is 18.5 Å². The Morgan fingerprint density at radius 3 is 2.62 bits per heavy atom. The summed E-state index contributed by atoms with van der Waals surface area (Å²) in [5.41, 5.74) is 2.03. The largest absolute Gasteiger partial charge is 0.342 e. The first kappa shape index (κ1) is 21.6.